The van der Waals surface area contributed by atoms with Crippen LogP contribution in [0, 0.1) is 0 Å². The average molecular weight is 467 g/mol. The van der Waals surface area contributed by atoms with E-state index in [2.05, 4.69) is 20.3 Å². The third kappa shape index (κ3) is 8.19. The summed E-state index contributed by atoms with van der Waals surface area (Å²) >= 11 is 0. The number of aromatic nitrogens is 4. The van der Waals surface area contributed by atoms with Crippen LogP contribution in [-0.4, -0.2) is 74.4 Å². The van der Waals surface area contributed by atoms with E-state index in [1.807, 2.05) is 0 Å². The van der Waals surface area contributed by atoms with Crippen molar-refractivity contribution >= 4 is 35.0 Å². The van der Waals surface area contributed by atoms with E-state index in [0.29, 0.717) is 0 Å². The maximum absolute atomic E-state index is 11.6. The van der Waals surface area contributed by atoms with Crippen molar-refractivity contribution in [2.45, 2.75) is 25.9 Å². The molecule has 178 valence electrons. The van der Waals surface area contributed by atoms with Crippen molar-refractivity contribution < 1.29 is 42.1 Å². The summed E-state index contributed by atoms with van der Waals surface area (Å²) < 4.78 is 43.5. The van der Waals surface area contributed by atoms with E-state index in [-0.39, 0.29) is 43.6 Å². The summed E-state index contributed by atoms with van der Waals surface area (Å²) in [6.45, 7) is 1.42. The van der Waals surface area contributed by atoms with Crippen LogP contribution >= 0.6 is 0 Å². The molecule has 0 aliphatic carbocycles. The molecule has 0 saturated carbocycles. The molecule has 0 radical (unpaired) electrons. The minimum absolute atomic E-state index is 0.00947. The van der Waals surface area contributed by atoms with Gasteiger partial charge in [-0.1, -0.05) is 0 Å². The first-order chi connectivity index (χ1) is 14.9. The predicted molar refractivity (Wildman–Crippen MR) is 99.8 cm³/mol. The standard InChI is InChI=1S/C13H19N7O5.C2HF3O2/c1-7(17-8(21)4-14)12(23)25-3-2-24-6-20-5-16-9-10(20)18-13(15)19-11(9)22;3-2(4,5)1(6)7/h5,7H,2-4,6,14H2,1H3,(H,17,21)(H3,15,18,19,22);(H,6,7)/t7-;/m0./s1. The van der Waals surface area contributed by atoms with Crippen molar-refractivity contribution in [2.24, 2.45) is 5.73 Å². The number of carbonyl (C=O) groups is 3. The number of ether oxygens (including phenoxy) is 2. The van der Waals surface area contributed by atoms with Crippen molar-refractivity contribution in [2.75, 3.05) is 25.5 Å². The number of aromatic amines is 1. The summed E-state index contributed by atoms with van der Waals surface area (Å²) in [5, 5.41) is 9.50. The fourth-order valence-electron chi connectivity index (χ4n) is 1.91. The van der Waals surface area contributed by atoms with Gasteiger partial charge in [0.25, 0.3) is 5.56 Å². The molecule has 2 rings (SSSR count). The molecule has 0 unspecified atom stereocenters. The summed E-state index contributed by atoms with van der Waals surface area (Å²) in [6.07, 6.45) is -3.69. The van der Waals surface area contributed by atoms with Gasteiger partial charge in [-0.15, -0.1) is 0 Å². The summed E-state index contributed by atoms with van der Waals surface area (Å²) in [6, 6.07) is -0.799. The number of halogens is 3. The van der Waals surface area contributed by atoms with Gasteiger partial charge in [0.1, 0.15) is 19.4 Å². The molecule has 2 heterocycles. The van der Waals surface area contributed by atoms with Crippen LogP contribution in [0.1, 0.15) is 6.92 Å². The zero-order valence-electron chi connectivity index (χ0n) is 16.5. The Labute approximate surface area is 176 Å². The van der Waals surface area contributed by atoms with Crippen molar-refractivity contribution in [3.05, 3.63) is 16.7 Å². The van der Waals surface area contributed by atoms with Gasteiger partial charge in [0.2, 0.25) is 11.9 Å². The summed E-state index contributed by atoms with van der Waals surface area (Å²) in [7, 11) is 0. The zero-order valence-corrected chi connectivity index (χ0v) is 16.5. The maximum Gasteiger partial charge on any atom is 0.490 e. The number of nitrogens with zero attached hydrogens (tertiary/aromatic N) is 3. The number of hydrogen-bond donors (Lipinski definition) is 5. The number of carboxylic acids is 1. The number of nitrogens with one attached hydrogen (secondary N) is 2. The smallest absolute Gasteiger partial charge is 0.475 e. The Kier molecular flexibility index (Phi) is 9.54. The van der Waals surface area contributed by atoms with Crippen LogP contribution in [0.4, 0.5) is 19.1 Å². The third-order valence-electron chi connectivity index (χ3n) is 3.35. The molecule has 0 aromatic carbocycles. The van der Waals surface area contributed by atoms with Gasteiger partial charge < -0.3 is 31.4 Å². The number of carbonyl (C=O) groups excluding carboxylic acids is 2. The number of carboxylic acid groups (broad SMARTS) is 1. The van der Waals surface area contributed by atoms with Crippen LogP contribution in [0.15, 0.2) is 11.1 Å². The monoisotopic (exact) mass is 467 g/mol. The molecule has 0 aliphatic rings. The molecule has 7 N–H and O–H groups in total. The number of fused-ring (bicyclic) bond motifs is 1. The van der Waals surface area contributed by atoms with Crippen LogP contribution < -0.4 is 22.3 Å². The lowest BCUT2D eigenvalue weighted by molar-refractivity contribution is -0.192. The molecule has 2 aromatic heterocycles. The molecule has 0 fully saturated rings. The van der Waals surface area contributed by atoms with E-state index in [4.69, 9.17) is 30.8 Å². The lowest BCUT2D eigenvalue weighted by Gasteiger charge is -2.13. The number of imidazole rings is 1. The Balaban J connectivity index is 0.000000633. The highest BCUT2D eigenvalue weighted by Crippen LogP contribution is 2.13. The number of rotatable bonds is 8. The number of amides is 1. The maximum atomic E-state index is 11.6. The van der Waals surface area contributed by atoms with E-state index in [0.717, 1.165) is 0 Å². The Morgan fingerprint density at radius 3 is 2.53 bits per heavy atom. The fourth-order valence-corrected chi connectivity index (χ4v) is 1.91. The first-order valence-electron chi connectivity index (χ1n) is 8.61. The minimum Gasteiger partial charge on any atom is -0.475 e. The fraction of sp³-hybridized carbons (Fsp3) is 0.467. The van der Waals surface area contributed by atoms with Gasteiger partial charge in [0.05, 0.1) is 19.5 Å². The van der Waals surface area contributed by atoms with Gasteiger partial charge in [-0.2, -0.15) is 18.2 Å². The number of aliphatic carboxylic acids is 1. The van der Waals surface area contributed by atoms with Gasteiger partial charge in [-0.05, 0) is 6.92 Å². The highest BCUT2D eigenvalue weighted by molar-refractivity contribution is 5.85. The molecule has 2 aromatic rings. The highest BCUT2D eigenvalue weighted by Gasteiger charge is 2.38. The van der Waals surface area contributed by atoms with Crippen molar-refractivity contribution in [1.29, 1.82) is 0 Å². The third-order valence-corrected chi connectivity index (χ3v) is 3.35. The van der Waals surface area contributed by atoms with Crippen LogP contribution in [0.2, 0.25) is 0 Å². The lowest BCUT2D eigenvalue weighted by Crippen LogP contribution is -2.42. The number of nitrogen functional groups attached to an aromatic ring is 1. The topological polar surface area (TPSA) is 218 Å². The second kappa shape index (κ2) is 11.6. The Hall–Kier alpha value is -3.73. The van der Waals surface area contributed by atoms with Gasteiger partial charge in [-0.25, -0.2) is 14.6 Å². The molecule has 0 spiro atoms. The van der Waals surface area contributed by atoms with Crippen LogP contribution in [0.25, 0.3) is 11.2 Å². The van der Waals surface area contributed by atoms with E-state index in [1.54, 1.807) is 0 Å². The first kappa shape index (κ1) is 26.3. The molecule has 0 bridgehead atoms. The average Bonchev–Trinajstić information content (AvgIpc) is 3.10. The van der Waals surface area contributed by atoms with Gasteiger partial charge in [0.15, 0.2) is 11.2 Å². The molecular formula is C15H20F3N7O7. The van der Waals surface area contributed by atoms with Crippen LogP contribution in [-0.2, 0) is 30.6 Å². The van der Waals surface area contributed by atoms with E-state index in [1.165, 1.54) is 17.8 Å². The number of anilines is 1. The second-order valence-corrected chi connectivity index (χ2v) is 5.84. The number of hydrogen-bond acceptors (Lipinski definition) is 10. The predicted octanol–water partition coefficient (Wildman–Crippen LogP) is -1.68. The number of nitrogens with two attached hydrogens (primary N) is 2. The lowest BCUT2D eigenvalue weighted by atomic mass is 10.3. The molecule has 14 nitrogen and oxygen atoms in total. The Morgan fingerprint density at radius 1 is 1.34 bits per heavy atom. The molecular weight excluding hydrogens is 447 g/mol. The largest absolute Gasteiger partial charge is 0.490 e. The van der Waals surface area contributed by atoms with E-state index >= 15 is 0 Å². The van der Waals surface area contributed by atoms with Crippen molar-refractivity contribution in [3.8, 4) is 0 Å². The van der Waals surface area contributed by atoms with E-state index in [9.17, 15) is 27.6 Å². The Morgan fingerprint density at radius 2 is 1.97 bits per heavy atom. The van der Waals surface area contributed by atoms with Gasteiger partial charge in [-0.3, -0.25) is 19.1 Å². The normalized spacial score (nSPS) is 11.9. The SMILES string of the molecule is C[C@H](NC(=O)CN)C(=O)OCCOCn1cnc2c(=O)[nH]c(N)nc21.O=C(O)C(F)(F)F. The molecule has 1 amide bonds. The van der Waals surface area contributed by atoms with Gasteiger partial charge in [0, 0.05) is 0 Å². The highest BCUT2D eigenvalue weighted by atomic mass is 19.4. The molecule has 0 aliphatic heterocycles. The van der Waals surface area contributed by atoms with Crippen molar-refractivity contribution in [3.63, 3.8) is 0 Å². The molecule has 32 heavy (non-hydrogen) atoms. The van der Waals surface area contributed by atoms with Crippen LogP contribution in [0.5, 0.6) is 0 Å². The molecule has 17 heteroatoms. The second-order valence-electron chi connectivity index (χ2n) is 5.84. The minimum atomic E-state index is -5.08. The molecule has 1 atom stereocenters. The summed E-state index contributed by atoms with van der Waals surface area (Å²) in [5.41, 5.74) is 10.6. The Bertz CT molecular complexity index is 1010. The quantitative estimate of drug-likeness (QED) is 0.218. The number of alkyl halides is 3. The summed E-state index contributed by atoms with van der Waals surface area (Å²) in [5.74, 6) is -3.83. The van der Waals surface area contributed by atoms with E-state index < -0.39 is 35.6 Å². The molecule has 0 saturated heterocycles. The number of H-pyrrole nitrogens is 1. The van der Waals surface area contributed by atoms with Crippen molar-refractivity contribution in [1.82, 2.24) is 24.8 Å². The zero-order chi connectivity index (χ0) is 24.5. The van der Waals surface area contributed by atoms with Crippen LogP contribution in [0.3, 0.4) is 0 Å². The van der Waals surface area contributed by atoms with Gasteiger partial charge >= 0.3 is 18.1 Å². The summed E-state index contributed by atoms with van der Waals surface area (Å²) in [4.78, 5) is 53.5. The number of esters is 1. The first-order valence-corrected chi connectivity index (χ1v) is 8.61.